The zero-order valence-electron chi connectivity index (χ0n) is 17.2. The van der Waals surface area contributed by atoms with Crippen molar-refractivity contribution in [2.45, 2.75) is 72.2 Å². The molecule has 0 spiro atoms. The van der Waals surface area contributed by atoms with Crippen LogP contribution < -0.4 is 0 Å². The molecule has 1 aromatic carbocycles. The van der Waals surface area contributed by atoms with Crippen molar-refractivity contribution in [2.24, 2.45) is 5.41 Å². The number of benzene rings is 1. The SMILES string of the molecule is C[C@H](c1ccccc1)[C@H]1C(=O)N(C)[C@H](C(C)(C)C)N1C(=O)OC(C)(C)C. The summed E-state index contributed by atoms with van der Waals surface area (Å²) < 4.78 is 5.67. The van der Waals surface area contributed by atoms with Crippen molar-refractivity contribution in [1.82, 2.24) is 9.80 Å². The summed E-state index contributed by atoms with van der Waals surface area (Å²) in [7, 11) is 1.77. The molecule has 26 heavy (non-hydrogen) atoms. The fraction of sp³-hybridized carbons (Fsp3) is 0.619. The van der Waals surface area contributed by atoms with Crippen molar-refractivity contribution in [2.75, 3.05) is 7.05 Å². The van der Waals surface area contributed by atoms with Gasteiger partial charge in [-0.25, -0.2) is 4.79 Å². The lowest BCUT2D eigenvalue weighted by molar-refractivity contribution is -0.130. The second-order valence-electron chi connectivity index (χ2n) is 9.22. The van der Waals surface area contributed by atoms with Gasteiger partial charge in [0.2, 0.25) is 5.91 Å². The highest BCUT2D eigenvalue weighted by Gasteiger charge is 2.54. The average Bonchev–Trinajstić information content (AvgIpc) is 2.78. The van der Waals surface area contributed by atoms with Gasteiger partial charge in [-0.05, 0) is 26.3 Å². The number of hydrogen-bond acceptors (Lipinski definition) is 3. The molecule has 1 fully saturated rings. The molecule has 2 rings (SSSR count). The van der Waals surface area contributed by atoms with E-state index >= 15 is 0 Å². The summed E-state index contributed by atoms with van der Waals surface area (Å²) in [6, 6.07) is 9.26. The molecule has 5 heteroatoms. The Balaban J connectivity index is 2.49. The Morgan fingerprint density at radius 3 is 2.08 bits per heavy atom. The first-order chi connectivity index (χ1) is 11.8. The van der Waals surface area contributed by atoms with Gasteiger partial charge in [0, 0.05) is 18.4 Å². The van der Waals surface area contributed by atoms with E-state index in [1.165, 1.54) is 0 Å². The summed E-state index contributed by atoms with van der Waals surface area (Å²) >= 11 is 0. The van der Waals surface area contributed by atoms with Crippen LogP contribution in [0.15, 0.2) is 30.3 Å². The molecule has 0 aliphatic carbocycles. The standard InChI is InChI=1S/C21H32N2O3/c1-14(15-12-10-9-11-13-15)16-17(24)22(8)18(20(2,3)4)23(16)19(25)26-21(5,6)7/h9-14,16,18H,1-8H3/t14-,16+,18+/m1/s1. The van der Waals surface area contributed by atoms with Gasteiger partial charge in [-0.3, -0.25) is 9.69 Å². The summed E-state index contributed by atoms with van der Waals surface area (Å²) in [4.78, 5) is 29.5. The monoisotopic (exact) mass is 360 g/mol. The van der Waals surface area contributed by atoms with E-state index in [4.69, 9.17) is 4.74 Å². The average molecular weight is 360 g/mol. The molecule has 0 aromatic heterocycles. The molecule has 0 unspecified atom stereocenters. The number of likely N-dealkylation sites (N-methyl/N-ethyl adjacent to an activating group) is 1. The first kappa shape index (κ1) is 20.3. The predicted molar refractivity (Wildman–Crippen MR) is 103 cm³/mol. The molecule has 0 saturated carbocycles. The molecule has 144 valence electrons. The third-order valence-corrected chi connectivity index (χ3v) is 4.71. The lowest BCUT2D eigenvalue weighted by atomic mass is 9.89. The quantitative estimate of drug-likeness (QED) is 0.792. The Morgan fingerprint density at radius 1 is 1.08 bits per heavy atom. The molecule has 5 nitrogen and oxygen atoms in total. The molecule has 0 bridgehead atoms. The van der Waals surface area contributed by atoms with Crippen molar-refractivity contribution in [1.29, 1.82) is 0 Å². The fourth-order valence-electron chi connectivity index (χ4n) is 3.71. The third-order valence-electron chi connectivity index (χ3n) is 4.71. The molecule has 1 heterocycles. The first-order valence-corrected chi connectivity index (χ1v) is 9.17. The molecule has 1 aromatic rings. The number of rotatable bonds is 2. The van der Waals surface area contributed by atoms with Gasteiger partial charge in [0.15, 0.2) is 0 Å². The minimum absolute atomic E-state index is 0.0489. The Bertz CT molecular complexity index is 658. The van der Waals surface area contributed by atoms with Crippen molar-refractivity contribution >= 4 is 12.0 Å². The van der Waals surface area contributed by atoms with Crippen LogP contribution in [0, 0.1) is 5.41 Å². The van der Waals surface area contributed by atoms with Gasteiger partial charge in [-0.15, -0.1) is 0 Å². The highest BCUT2D eigenvalue weighted by molar-refractivity contribution is 5.90. The Hall–Kier alpha value is -2.04. The third kappa shape index (κ3) is 4.02. The van der Waals surface area contributed by atoms with E-state index in [2.05, 4.69) is 0 Å². The van der Waals surface area contributed by atoms with Crippen molar-refractivity contribution in [3.05, 3.63) is 35.9 Å². The number of carbonyl (C=O) groups excluding carboxylic acids is 2. The van der Waals surface area contributed by atoms with E-state index in [1.54, 1.807) is 16.8 Å². The van der Waals surface area contributed by atoms with Crippen LogP contribution in [-0.2, 0) is 9.53 Å². The highest BCUT2D eigenvalue weighted by atomic mass is 16.6. The predicted octanol–water partition coefficient (Wildman–Crippen LogP) is 4.24. The Morgan fingerprint density at radius 2 is 1.62 bits per heavy atom. The molecule has 1 saturated heterocycles. The van der Waals surface area contributed by atoms with Gasteiger partial charge in [0.25, 0.3) is 0 Å². The van der Waals surface area contributed by atoms with Crippen LogP contribution in [0.4, 0.5) is 4.79 Å². The largest absolute Gasteiger partial charge is 0.444 e. The van der Waals surface area contributed by atoms with Crippen LogP contribution in [0.3, 0.4) is 0 Å². The van der Waals surface area contributed by atoms with E-state index in [0.717, 1.165) is 5.56 Å². The summed E-state index contributed by atoms with van der Waals surface area (Å²) in [6.45, 7) is 13.6. The number of ether oxygens (including phenoxy) is 1. The Labute approximate surface area is 157 Å². The minimum Gasteiger partial charge on any atom is -0.444 e. The molecular weight excluding hydrogens is 328 g/mol. The van der Waals surface area contributed by atoms with Gasteiger partial charge < -0.3 is 9.64 Å². The number of hydrogen-bond donors (Lipinski definition) is 0. The number of amides is 2. The van der Waals surface area contributed by atoms with Crippen LogP contribution in [-0.4, -0.2) is 46.7 Å². The molecular formula is C21H32N2O3. The molecule has 1 aliphatic heterocycles. The first-order valence-electron chi connectivity index (χ1n) is 9.17. The smallest absolute Gasteiger partial charge is 0.412 e. The maximum absolute atomic E-state index is 13.1. The molecule has 1 aliphatic rings. The molecule has 3 atom stereocenters. The summed E-state index contributed by atoms with van der Waals surface area (Å²) in [5.41, 5.74) is 0.110. The van der Waals surface area contributed by atoms with Gasteiger partial charge in [0.05, 0.1) is 0 Å². The van der Waals surface area contributed by atoms with E-state index < -0.39 is 17.7 Å². The minimum atomic E-state index is -0.621. The summed E-state index contributed by atoms with van der Waals surface area (Å²) in [5, 5.41) is 0. The van der Waals surface area contributed by atoms with Gasteiger partial charge >= 0.3 is 6.09 Å². The summed E-state index contributed by atoms with van der Waals surface area (Å²) in [6.07, 6.45) is -0.802. The van der Waals surface area contributed by atoms with Crippen molar-refractivity contribution < 1.29 is 14.3 Å². The van der Waals surface area contributed by atoms with Crippen LogP contribution in [0.25, 0.3) is 0 Å². The Kier molecular flexibility index (Phi) is 5.41. The van der Waals surface area contributed by atoms with Crippen LogP contribution in [0.1, 0.15) is 59.9 Å². The highest BCUT2D eigenvalue weighted by Crippen LogP contribution is 2.39. The van der Waals surface area contributed by atoms with E-state index in [9.17, 15) is 9.59 Å². The maximum atomic E-state index is 13.1. The van der Waals surface area contributed by atoms with Crippen molar-refractivity contribution in [3.8, 4) is 0 Å². The normalized spacial score (nSPS) is 22.5. The van der Waals surface area contributed by atoms with Crippen LogP contribution >= 0.6 is 0 Å². The fourth-order valence-corrected chi connectivity index (χ4v) is 3.71. The zero-order valence-corrected chi connectivity index (χ0v) is 17.2. The van der Waals surface area contributed by atoms with Crippen LogP contribution in [0.2, 0.25) is 0 Å². The van der Waals surface area contributed by atoms with Crippen molar-refractivity contribution in [3.63, 3.8) is 0 Å². The molecule has 0 N–H and O–H groups in total. The second kappa shape index (κ2) is 6.93. The van der Waals surface area contributed by atoms with Gasteiger partial charge in [-0.1, -0.05) is 58.0 Å². The zero-order chi connectivity index (χ0) is 19.9. The van der Waals surface area contributed by atoms with E-state index in [1.807, 2.05) is 78.8 Å². The van der Waals surface area contributed by atoms with E-state index in [-0.39, 0.29) is 23.4 Å². The summed E-state index contributed by atoms with van der Waals surface area (Å²) in [5.74, 6) is -0.182. The van der Waals surface area contributed by atoms with Gasteiger partial charge in [-0.2, -0.15) is 0 Å². The van der Waals surface area contributed by atoms with Gasteiger partial charge in [0.1, 0.15) is 17.8 Å². The lowest BCUT2D eigenvalue weighted by Crippen LogP contribution is -2.52. The molecule has 0 radical (unpaired) electrons. The topological polar surface area (TPSA) is 49.9 Å². The number of nitrogens with zero attached hydrogens (tertiary/aromatic N) is 2. The van der Waals surface area contributed by atoms with Crippen LogP contribution in [0.5, 0.6) is 0 Å². The number of carbonyl (C=O) groups is 2. The second-order valence-corrected chi connectivity index (χ2v) is 9.22. The lowest BCUT2D eigenvalue weighted by Gasteiger charge is -2.40. The van der Waals surface area contributed by atoms with E-state index in [0.29, 0.717) is 0 Å². The molecule has 2 amide bonds. The maximum Gasteiger partial charge on any atom is 0.412 e.